The van der Waals surface area contributed by atoms with Crippen LogP contribution in [0.2, 0.25) is 0 Å². The molecule has 0 bridgehead atoms. The number of halogens is 2. The summed E-state index contributed by atoms with van der Waals surface area (Å²) in [4.78, 5) is 12.6. The van der Waals surface area contributed by atoms with Crippen LogP contribution in [0.5, 0.6) is 11.5 Å². The van der Waals surface area contributed by atoms with Crippen molar-refractivity contribution in [3.05, 3.63) is 77.9 Å². The number of ether oxygens (including phenoxy) is 2. The molecular formula is C23H20F2N2O5S. The van der Waals surface area contributed by atoms with E-state index in [0.717, 1.165) is 22.0 Å². The van der Waals surface area contributed by atoms with E-state index in [0.29, 0.717) is 12.4 Å². The number of hydrogen-bond acceptors (Lipinski definition) is 5. The van der Waals surface area contributed by atoms with E-state index in [1.807, 2.05) is 6.92 Å². The maximum atomic E-state index is 13.5. The van der Waals surface area contributed by atoms with Gasteiger partial charge in [0.05, 0.1) is 10.6 Å². The number of nitrogens with zero attached hydrogens (tertiary/aromatic N) is 1. The predicted molar refractivity (Wildman–Crippen MR) is 118 cm³/mol. The van der Waals surface area contributed by atoms with Gasteiger partial charge in [0.25, 0.3) is 10.0 Å². The van der Waals surface area contributed by atoms with Crippen molar-refractivity contribution >= 4 is 27.3 Å². The van der Waals surface area contributed by atoms with Crippen LogP contribution in [-0.2, 0) is 14.8 Å². The van der Waals surface area contributed by atoms with Crippen LogP contribution in [0.25, 0.3) is 0 Å². The summed E-state index contributed by atoms with van der Waals surface area (Å²) in [7, 11) is -4.20. The van der Waals surface area contributed by atoms with Crippen LogP contribution in [0.4, 0.5) is 20.2 Å². The molecule has 0 radical (unpaired) electrons. The van der Waals surface area contributed by atoms with Crippen LogP contribution in [-0.4, -0.2) is 34.1 Å². The van der Waals surface area contributed by atoms with Gasteiger partial charge in [-0.2, -0.15) is 0 Å². The van der Waals surface area contributed by atoms with E-state index in [1.54, 1.807) is 24.3 Å². The highest BCUT2D eigenvalue weighted by Crippen LogP contribution is 2.34. The predicted octanol–water partition coefficient (Wildman–Crippen LogP) is 3.88. The lowest BCUT2D eigenvalue weighted by Crippen LogP contribution is -2.38. The van der Waals surface area contributed by atoms with E-state index in [-0.39, 0.29) is 28.6 Å². The molecule has 3 aromatic carbocycles. The number of anilines is 2. The highest BCUT2D eigenvalue weighted by atomic mass is 32.2. The number of benzene rings is 3. The molecule has 1 amide bonds. The number of sulfonamides is 1. The molecular weight excluding hydrogens is 454 g/mol. The largest absolute Gasteiger partial charge is 0.486 e. The Bertz CT molecular complexity index is 1300. The lowest BCUT2D eigenvalue weighted by molar-refractivity contribution is -0.114. The van der Waals surface area contributed by atoms with Gasteiger partial charge in [-0.25, -0.2) is 17.2 Å². The number of fused-ring (bicyclic) bond motifs is 1. The number of rotatable bonds is 6. The second-order valence-corrected chi connectivity index (χ2v) is 9.19. The van der Waals surface area contributed by atoms with Crippen molar-refractivity contribution in [1.82, 2.24) is 0 Å². The maximum Gasteiger partial charge on any atom is 0.264 e. The lowest BCUT2D eigenvalue weighted by atomic mass is 10.2. The van der Waals surface area contributed by atoms with Gasteiger partial charge < -0.3 is 14.8 Å². The Morgan fingerprint density at radius 3 is 2.33 bits per heavy atom. The van der Waals surface area contributed by atoms with Gasteiger partial charge in [0.1, 0.15) is 19.8 Å². The normalized spacial score (nSPS) is 12.8. The summed E-state index contributed by atoms with van der Waals surface area (Å²) in [5.41, 5.74) is 1.16. The molecule has 1 heterocycles. The van der Waals surface area contributed by atoms with Crippen LogP contribution in [0.1, 0.15) is 5.56 Å². The Morgan fingerprint density at radius 1 is 0.939 bits per heavy atom. The first kappa shape index (κ1) is 22.5. The van der Waals surface area contributed by atoms with Gasteiger partial charge in [0.2, 0.25) is 5.91 Å². The minimum absolute atomic E-state index is 0.000478. The van der Waals surface area contributed by atoms with Crippen molar-refractivity contribution in [1.29, 1.82) is 0 Å². The maximum absolute atomic E-state index is 13.5. The third kappa shape index (κ3) is 4.90. The highest BCUT2D eigenvalue weighted by Gasteiger charge is 2.29. The zero-order valence-corrected chi connectivity index (χ0v) is 18.4. The molecule has 0 fully saturated rings. The van der Waals surface area contributed by atoms with E-state index in [4.69, 9.17) is 9.47 Å². The Hall–Kier alpha value is -3.66. The summed E-state index contributed by atoms with van der Waals surface area (Å²) in [6, 6.07) is 13.7. The van der Waals surface area contributed by atoms with Gasteiger partial charge >= 0.3 is 0 Å². The van der Waals surface area contributed by atoms with E-state index in [9.17, 15) is 22.0 Å². The minimum Gasteiger partial charge on any atom is -0.486 e. The fraction of sp³-hybridized carbons (Fsp3) is 0.174. The second-order valence-electron chi connectivity index (χ2n) is 7.33. The minimum atomic E-state index is -4.20. The monoisotopic (exact) mass is 474 g/mol. The Labute approximate surface area is 189 Å². The number of carbonyl (C=O) groups is 1. The zero-order chi connectivity index (χ0) is 23.6. The molecule has 1 N–H and O–H groups in total. The molecule has 7 nitrogen and oxygen atoms in total. The molecule has 4 rings (SSSR count). The molecule has 0 aliphatic carbocycles. The van der Waals surface area contributed by atoms with Crippen LogP contribution < -0.4 is 19.1 Å². The number of nitrogens with one attached hydrogen (secondary N) is 1. The van der Waals surface area contributed by atoms with Gasteiger partial charge in [0, 0.05) is 17.8 Å². The van der Waals surface area contributed by atoms with E-state index in [2.05, 4.69) is 5.32 Å². The Kier molecular flexibility index (Phi) is 6.19. The van der Waals surface area contributed by atoms with Gasteiger partial charge in [-0.15, -0.1) is 0 Å². The summed E-state index contributed by atoms with van der Waals surface area (Å²) in [6.45, 7) is 1.89. The quantitative estimate of drug-likeness (QED) is 0.586. The van der Waals surface area contributed by atoms with E-state index in [1.165, 1.54) is 24.3 Å². The summed E-state index contributed by atoms with van der Waals surface area (Å²) in [5, 5.41) is 2.40. The standard InChI is InChI=1S/C23H20F2N2O5S/c1-15-2-5-17(6-3-15)27(14-23(28)26-16-4-8-19(24)20(25)12-16)33(29,30)18-7-9-21-22(13-18)32-11-10-31-21/h2-9,12-13H,10-11,14H2,1H3,(H,26,28). The molecule has 0 saturated carbocycles. The molecule has 10 heteroatoms. The highest BCUT2D eigenvalue weighted by molar-refractivity contribution is 7.92. The summed E-state index contributed by atoms with van der Waals surface area (Å²) >= 11 is 0. The first-order chi connectivity index (χ1) is 15.7. The summed E-state index contributed by atoms with van der Waals surface area (Å²) < 4.78 is 65.6. The molecule has 172 valence electrons. The molecule has 3 aromatic rings. The summed E-state index contributed by atoms with van der Waals surface area (Å²) in [6.07, 6.45) is 0. The average molecular weight is 474 g/mol. The smallest absolute Gasteiger partial charge is 0.264 e. The van der Waals surface area contributed by atoms with Crippen molar-refractivity contribution in [3.8, 4) is 11.5 Å². The van der Waals surface area contributed by atoms with Crippen molar-refractivity contribution in [2.45, 2.75) is 11.8 Å². The van der Waals surface area contributed by atoms with Gasteiger partial charge in [-0.05, 0) is 43.3 Å². The number of amides is 1. The third-order valence-corrected chi connectivity index (χ3v) is 6.68. The second kappa shape index (κ2) is 9.07. The number of carbonyl (C=O) groups excluding carboxylic acids is 1. The summed E-state index contributed by atoms with van der Waals surface area (Å²) in [5.74, 6) is -2.21. The fourth-order valence-corrected chi connectivity index (χ4v) is 4.68. The van der Waals surface area contributed by atoms with Crippen molar-refractivity contribution < 1.29 is 31.5 Å². The van der Waals surface area contributed by atoms with Crippen LogP contribution in [0.3, 0.4) is 0 Å². The van der Waals surface area contributed by atoms with Crippen LogP contribution >= 0.6 is 0 Å². The molecule has 0 aromatic heterocycles. The van der Waals surface area contributed by atoms with E-state index < -0.39 is 34.1 Å². The SMILES string of the molecule is Cc1ccc(N(CC(=O)Nc2ccc(F)c(F)c2)S(=O)(=O)c2ccc3c(c2)OCCO3)cc1. The zero-order valence-electron chi connectivity index (χ0n) is 17.5. The fourth-order valence-electron chi connectivity index (χ4n) is 3.24. The van der Waals surface area contributed by atoms with Crippen LogP contribution in [0.15, 0.2) is 65.6 Å². The molecule has 1 aliphatic rings. The first-order valence-electron chi connectivity index (χ1n) is 9.98. The third-order valence-electron chi connectivity index (χ3n) is 4.91. The van der Waals surface area contributed by atoms with E-state index >= 15 is 0 Å². The number of aryl methyl sites for hydroxylation is 1. The lowest BCUT2D eigenvalue weighted by Gasteiger charge is -2.25. The van der Waals surface area contributed by atoms with Crippen molar-refractivity contribution in [3.63, 3.8) is 0 Å². The molecule has 0 spiro atoms. The molecule has 0 unspecified atom stereocenters. The van der Waals surface area contributed by atoms with Crippen molar-refractivity contribution in [2.75, 3.05) is 29.4 Å². The molecule has 33 heavy (non-hydrogen) atoms. The number of hydrogen-bond donors (Lipinski definition) is 1. The Morgan fingerprint density at radius 2 is 1.64 bits per heavy atom. The van der Waals surface area contributed by atoms with Crippen LogP contribution in [0, 0.1) is 18.6 Å². The van der Waals surface area contributed by atoms with Gasteiger partial charge in [-0.1, -0.05) is 17.7 Å². The van der Waals surface area contributed by atoms with Gasteiger partial charge in [0.15, 0.2) is 23.1 Å². The molecule has 1 aliphatic heterocycles. The average Bonchev–Trinajstić information content (AvgIpc) is 2.80. The van der Waals surface area contributed by atoms with Gasteiger partial charge in [-0.3, -0.25) is 9.10 Å². The topological polar surface area (TPSA) is 84.9 Å². The first-order valence-corrected chi connectivity index (χ1v) is 11.4. The molecule has 0 atom stereocenters. The van der Waals surface area contributed by atoms with Crippen molar-refractivity contribution in [2.24, 2.45) is 0 Å². The molecule has 0 saturated heterocycles. The Balaban J connectivity index is 1.66.